The Kier molecular flexibility index (Phi) is 3.29. The molecule has 6 heteroatoms. The van der Waals surface area contributed by atoms with E-state index in [0.717, 1.165) is 0 Å². The summed E-state index contributed by atoms with van der Waals surface area (Å²) in [7, 11) is 0. The molecule has 13 heavy (non-hydrogen) atoms. The molecule has 1 heterocycles. The van der Waals surface area contributed by atoms with Gasteiger partial charge in [-0.1, -0.05) is 6.07 Å². The van der Waals surface area contributed by atoms with Crippen LogP contribution in [0.1, 0.15) is 17.3 Å². The molecule has 0 spiro atoms. The van der Waals surface area contributed by atoms with Crippen LogP contribution in [0.25, 0.3) is 0 Å². The van der Waals surface area contributed by atoms with Gasteiger partial charge in [-0.15, -0.1) is 11.3 Å². The van der Waals surface area contributed by atoms with Crippen molar-refractivity contribution in [3.63, 3.8) is 0 Å². The Hall–Kier alpha value is -0.590. The fourth-order valence-corrected chi connectivity index (χ4v) is 1.75. The van der Waals surface area contributed by atoms with Crippen LogP contribution in [-0.2, 0) is 0 Å². The normalized spacial score (nSPS) is 14.5. The Labute approximate surface area is 77.5 Å². The highest BCUT2D eigenvalue weighted by Gasteiger charge is 2.32. The SMILES string of the molecule is NNC(CC(F)(F)F)c1cccs1. The van der Waals surface area contributed by atoms with Gasteiger partial charge in [0, 0.05) is 4.88 Å². The molecule has 1 atom stereocenters. The predicted molar refractivity (Wildman–Crippen MR) is 45.1 cm³/mol. The first kappa shape index (κ1) is 10.5. The first-order chi connectivity index (χ1) is 6.03. The van der Waals surface area contributed by atoms with E-state index < -0.39 is 18.6 Å². The number of alkyl halides is 3. The maximum absolute atomic E-state index is 12.0. The van der Waals surface area contributed by atoms with Crippen molar-refractivity contribution in [2.24, 2.45) is 5.84 Å². The summed E-state index contributed by atoms with van der Waals surface area (Å²) in [5, 5.41) is 1.72. The first-order valence-electron chi connectivity index (χ1n) is 3.59. The molecule has 1 rings (SSSR count). The summed E-state index contributed by atoms with van der Waals surface area (Å²) in [5.74, 6) is 5.03. The van der Waals surface area contributed by atoms with E-state index in [2.05, 4.69) is 5.43 Å². The molecule has 3 N–H and O–H groups in total. The topological polar surface area (TPSA) is 38.0 Å². The quantitative estimate of drug-likeness (QED) is 0.593. The van der Waals surface area contributed by atoms with E-state index in [4.69, 9.17) is 5.84 Å². The number of rotatable bonds is 3. The lowest BCUT2D eigenvalue weighted by atomic mass is 10.2. The maximum Gasteiger partial charge on any atom is 0.391 e. The number of nitrogens with one attached hydrogen (secondary N) is 1. The molecular weight excluding hydrogens is 201 g/mol. The standard InChI is InChI=1S/C7H9F3N2S/c8-7(9,10)4-5(12-11)6-2-1-3-13-6/h1-3,5,12H,4,11H2. The van der Waals surface area contributed by atoms with E-state index in [0.29, 0.717) is 4.88 Å². The Morgan fingerprint density at radius 1 is 1.54 bits per heavy atom. The van der Waals surface area contributed by atoms with Gasteiger partial charge in [0.15, 0.2) is 0 Å². The molecule has 0 amide bonds. The molecule has 0 aliphatic carbocycles. The van der Waals surface area contributed by atoms with Crippen LogP contribution in [0.2, 0.25) is 0 Å². The number of hydrogen-bond donors (Lipinski definition) is 2. The van der Waals surface area contributed by atoms with Gasteiger partial charge in [0.05, 0.1) is 12.5 Å². The zero-order chi connectivity index (χ0) is 9.90. The van der Waals surface area contributed by atoms with Crippen LogP contribution in [-0.4, -0.2) is 6.18 Å². The summed E-state index contributed by atoms with van der Waals surface area (Å²) in [4.78, 5) is 0.597. The third-order valence-corrected chi connectivity index (χ3v) is 2.51. The van der Waals surface area contributed by atoms with Gasteiger partial charge < -0.3 is 0 Å². The highest BCUT2D eigenvalue weighted by molar-refractivity contribution is 7.10. The van der Waals surface area contributed by atoms with Crippen molar-refractivity contribution in [1.29, 1.82) is 0 Å². The number of hydrogen-bond acceptors (Lipinski definition) is 3. The van der Waals surface area contributed by atoms with E-state index in [1.165, 1.54) is 11.3 Å². The molecule has 0 radical (unpaired) electrons. The van der Waals surface area contributed by atoms with Gasteiger partial charge in [-0.05, 0) is 11.4 Å². The molecule has 74 valence electrons. The molecule has 1 aromatic rings. The van der Waals surface area contributed by atoms with Crippen LogP contribution in [0, 0.1) is 0 Å². The lowest BCUT2D eigenvalue weighted by Crippen LogP contribution is -2.31. The fraction of sp³-hybridized carbons (Fsp3) is 0.429. The third-order valence-electron chi connectivity index (χ3n) is 1.52. The van der Waals surface area contributed by atoms with E-state index in [1.807, 2.05) is 0 Å². The van der Waals surface area contributed by atoms with Gasteiger partial charge in [-0.3, -0.25) is 11.3 Å². The van der Waals surface area contributed by atoms with E-state index in [1.54, 1.807) is 17.5 Å². The van der Waals surface area contributed by atoms with Crippen molar-refractivity contribution in [1.82, 2.24) is 5.43 Å². The van der Waals surface area contributed by atoms with Crippen molar-refractivity contribution in [2.45, 2.75) is 18.6 Å². The molecule has 0 aliphatic rings. The molecule has 1 aromatic heterocycles. The summed E-state index contributed by atoms with van der Waals surface area (Å²) in [6.07, 6.45) is -5.13. The number of halogens is 3. The summed E-state index contributed by atoms with van der Waals surface area (Å²) in [6, 6.07) is 2.49. The fourth-order valence-electron chi connectivity index (χ4n) is 0.963. The second-order valence-electron chi connectivity index (χ2n) is 2.55. The van der Waals surface area contributed by atoms with Crippen LogP contribution < -0.4 is 11.3 Å². The first-order valence-corrected chi connectivity index (χ1v) is 4.47. The van der Waals surface area contributed by atoms with E-state index >= 15 is 0 Å². The van der Waals surface area contributed by atoms with Crippen molar-refractivity contribution in [3.05, 3.63) is 22.4 Å². The Balaban J connectivity index is 2.64. The second-order valence-corrected chi connectivity index (χ2v) is 3.53. The van der Waals surface area contributed by atoms with E-state index in [9.17, 15) is 13.2 Å². The molecule has 0 saturated heterocycles. The molecule has 0 fully saturated rings. The smallest absolute Gasteiger partial charge is 0.271 e. The zero-order valence-corrected chi connectivity index (χ0v) is 7.45. The van der Waals surface area contributed by atoms with Gasteiger partial charge in [-0.2, -0.15) is 13.2 Å². The van der Waals surface area contributed by atoms with Crippen molar-refractivity contribution >= 4 is 11.3 Å². The highest BCUT2D eigenvalue weighted by Crippen LogP contribution is 2.30. The Morgan fingerprint density at radius 2 is 2.23 bits per heavy atom. The minimum Gasteiger partial charge on any atom is -0.271 e. The minimum atomic E-state index is -4.19. The maximum atomic E-state index is 12.0. The van der Waals surface area contributed by atoms with Gasteiger partial charge in [0.2, 0.25) is 0 Å². The van der Waals surface area contributed by atoms with Crippen molar-refractivity contribution in [3.8, 4) is 0 Å². The summed E-state index contributed by atoms with van der Waals surface area (Å²) in [5.41, 5.74) is 2.15. The average molecular weight is 210 g/mol. The van der Waals surface area contributed by atoms with Gasteiger partial charge in [-0.25, -0.2) is 0 Å². The van der Waals surface area contributed by atoms with Crippen molar-refractivity contribution < 1.29 is 13.2 Å². The Bertz CT molecular complexity index is 245. The minimum absolute atomic E-state index is 0.597. The van der Waals surface area contributed by atoms with Crippen LogP contribution in [0.5, 0.6) is 0 Å². The largest absolute Gasteiger partial charge is 0.391 e. The van der Waals surface area contributed by atoms with Crippen LogP contribution in [0.3, 0.4) is 0 Å². The Morgan fingerprint density at radius 3 is 2.62 bits per heavy atom. The molecule has 2 nitrogen and oxygen atoms in total. The van der Waals surface area contributed by atoms with E-state index in [-0.39, 0.29) is 0 Å². The van der Waals surface area contributed by atoms with Crippen LogP contribution in [0.15, 0.2) is 17.5 Å². The van der Waals surface area contributed by atoms with Gasteiger partial charge in [0.1, 0.15) is 0 Å². The average Bonchev–Trinajstić information content (AvgIpc) is 2.50. The summed E-state index contributed by atoms with van der Waals surface area (Å²) >= 11 is 1.25. The zero-order valence-electron chi connectivity index (χ0n) is 6.64. The van der Waals surface area contributed by atoms with Crippen LogP contribution in [0.4, 0.5) is 13.2 Å². The highest BCUT2D eigenvalue weighted by atomic mass is 32.1. The second kappa shape index (κ2) is 4.08. The van der Waals surface area contributed by atoms with Crippen molar-refractivity contribution in [2.75, 3.05) is 0 Å². The van der Waals surface area contributed by atoms with Gasteiger partial charge >= 0.3 is 6.18 Å². The predicted octanol–water partition coefficient (Wildman–Crippen LogP) is 2.20. The lowest BCUT2D eigenvalue weighted by molar-refractivity contribution is -0.140. The summed E-state index contributed by atoms with van der Waals surface area (Å²) in [6.45, 7) is 0. The molecule has 0 bridgehead atoms. The molecule has 0 saturated carbocycles. The number of nitrogens with two attached hydrogens (primary N) is 1. The molecular formula is C7H9F3N2S. The summed E-state index contributed by atoms with van der Waals surface area (Å²) < 4.78 is 36.0. The van der Waals surface area contributed by atoms with Gasteiger partial charge in [0.25, 0.3) is 0 Å². The monoisotopic (exact) mass is 210 g/mol. The van der Waals surface area contributed by atoms with Crippen LogP contribution >= 0.6 is 11.3 Å². The molecule has 0 aromatic carbocycles. The number of thiophene rings is 1. The number of hydrazine groups is 1. The molecule has 0 aliphatic heterocycles. The third kappa shape index (κ3) is 3.33. The lowest BCUT2D eigenvalue weighted by Gasteiger charge is -2.15. The molecule has 1 unspecified atom stereocenters.